The summed E-state index contributed by atoms with van der Waals surface area (Å²) in [4.78, 5) is 20.0. The number of carbonyl (C=O) groups excluding carboxylic acids is 1. The molecule has 0 radical (unpaired) electrons. The number of sulfonamides is 1. The highest BCUT2D eigenvalue weighted by Crippen LogP contribution is 2.29. The molecule has 41 heavy (non-hydrogen) atoms. The number of piperazine rings is 1. The van der Waals surface area contributed by atoms with Crippen molar-refractivity contribution in [2.24, 2.45) is 5.14 Å². The van der Waals surface area contributed by atoms with E-state index in [1.54, 1.807) is 25.3 Å². The molecular weight excluding hydrogens is 538 g/mol. The molecule has 218 valence electrons. The second-order valence-corrected chi connectivity index (χ2v) is 12.4. The van der Waals surface area contributed by atoms with Gasteiger partial charge in [0.1, 0.15) is 10.6 Å². The first kappa shape index (κ1) is 28.8. The fourth-order valence-electron chi connectivity index (χ4n) is 5.83. The molecule has 0 unspecified atom stereocenters. The van der Waals surface area contributed by atoms with Gasteiger partial charge in [-0.2, -0.15) is 0 Å². The quantitative estimate of drug-likeness (QED) is 0.437. The Hall–Kier alpha value is -3.76. The molecule has 0 saturated carbocycles. The average molecular weight is 578 g/mol. The monoisotopic (exact) mass is 577 g/mol. The van der Waals surface area contributed by atoms with Crippen molar-refractivity contribution in [2.45, 2.75) is 37.6 Å². The van der Waals surface area contributed by atoms with Crippen molar-refractivity contribution in [3.8, 4) is 5.75 Å². The maximum Gasteiger partial charge on any atom is 0.254 e. The Morgan fingerprint density at radius 1 is 0.878 bits per heavy atom. The lowest BCUT2D eigenvalue weighted by Crippen LogP contribution is -2.49. The summed E-state index contributed by atoms with van der Waals surface area (Å²) in [5.74, 6) is 0.864. The number of aryl methyl sites for hydroxylation is 2. The molecule has 9 nitrogen and oxygen atoms in total. The highest BCUT2D eigenvalue weighted by atomic mass is 32.2. The molecule has 3 aromatic rings. The molecular formula is C31H39N5O4S. The number of nitrogens with two attached hydrogens (primary N) is 1. The van der Waals surface area contributed by atoms with Crippen LogP contribution in [0, 0.1) is 13.8 Å². The fourth-order valence-corrected chi connectivity index (χ4v) is 6.58. The third-order valence-electron chi connectivity index (χ3n) is 8.15. The third-order valence-corrected chi connectivity index (χ3v) is 9.11. The minimum atomic E-state index is -3.84. The summed E-state index contributed by atoms with van der Waals surface area (Å²) in [6.45, 7) is 8.00. The molecule has 1 amide bonds. The van der Waals surface area contributed by atoms with E-state index in [0.29, 0.717) is 43.5 Å². The fraction of sp³-hybridized carbons (Fsp3) is 0.387. The molecule has 2 aliphatic heterocycles. The van der Waals surface area contributed by atoms with Gasteiger partial charge in [-0.3, -0.25) is 4.79 Å². The number of hydrogen-bond donors (Lipinski definition) is 2. The van der Waals surface area contributed by atoms with Crippen molar-refractivity contribution in [1.82, 2.24) is 4.90 Å². The Morgan fingerprint density at radius 3 is 2.27 bits per heavy atom. The van der Waals surface area contributed by atoms with Gasteiger partial charge in [0.2, 0.25) is 10.0 Å². The molecule has 0 spiro atoms. The van der Waals surface area contributed by atoms with Crippen molar-refractivity contribution < 1.29 is 17.9 Å². The van der Waals surface area contributed by atoms with E-state index >= 15 is 0 Å². The first-order chi connectivity index (χ1) is 19.6. The maximum atomic E-state index is 13.6. The van der Waals surface area contributed by atoms with E-state index < -0.39 is 10.0 Å². The van der Waals surface area contributed by atoms with Crippen LogP contribution in [0.4, 0.5) is 17.1 Å². The standard InChI is InChI=1S/C31H39N5O4S/c1-22-19-23(2)28(33-24-11-13-34(14-12-24)25-7-6-8-26(20-25)40-3)21-27(22)31(37)36-17-15-35(16-18-36)29-9-4-5-10-30(29)41(32,38)39/h4-10,19-21,24,33H,11-18H2,1-3H3,(H2,32,38,39). The van der Waals surface area contributed by atoms with Gasteiger partial charge in [-0.15, -0.1) is 0 Å². The van der Waals surface area contributed by atoms with E-state index in [1.165, 1.54) is 11.8 Å². The molecule has 2 heterocycles. The van der Waals surface area contributed by atoms with Crippen molar-refractivity contribution in [3.05, 3.63) is 77.4 Å². The Kier molecular flexibility index (Phi) is 8.42. The maximum absolute atomic E-state index is 13.6. The Morgan fingerprint density at radius 2 is 1.59 bits per heavy atom. The summed E-state index contributed by atoms with van der Waals surface area (Å²) in [7, 11) is -2.15. The molecule has 0 aromatic heterocycles. The number of anilines is 3. The number of benzene rings is 3. The van der Waals surface area contributed by atoms with Gasteiger partial charge in [0.15, 0.2) is 0 Å². The lowest BCUT2D eigenvalue weighted by Gasteiger charge is -2.37. The van der Waals surface area contributed by atoms with Crippen LogP contribution in [-0.4, -0.2) is 71.6 Å². The lowest BCUT2D eigenvalue weighted by atomic mass is 9.99. The number of nitrogens with zero attached hydrogens (tertiary/aromatic N) is 3. The Balaban J connectivity index is 1.23. The number of ether oxygens (including phenoxy) is 1. The highest BCUT2D eigenvalue weighted by molar-refractivity contribution is 7.89. The Labute approximate surface area is 242 Å². The van der Waals surface area contributed by atoms with Crippen LogP contribution < -0.4 is 25.0 Å². The van der Waals surface area contributed by atoms with Crippen molar-refractivity contribution in [2.75, 3.05) is 61.5 Å². The molecule has 2 saturated heterocycles. The number of amides is 1. The molecule has 0 aliphatic carbocycles. The van der Waals surface area contributed by atoms with E-state index in [0.717, 1.165) is 48.5 Å². The number of nitrogens with one attached hydrogen (secondary N) is 1. The van der Waals surface area contributed by atoms with E-state index in [9.17, 15) is 13.2 Å². The largest absolute Gasteiger partial charge is 0.497 e. The summed E-state index contributed by atoms with van der Waals surface area (Å²) in [5, 5.41) is 9.16. The third kappa shape index (κ3) is 6.44. The van der Waals surface area contributed by atoms with Gasteiger partial charge in [-0.05, 0) is 68.1 Å². The van der Waals surface area contributed by atoms with Gasteiger partial charge < -0.3 is 24.8 Å². The predicted octanol–water partition coefficient (Wildman–Crippen LogP) is 4.00. The topological polar surface area (TPSA) is 108 Å². The van der Waals surface area contributed by atoms with Crippen molar-refractivity contribution in [3.63, 3.8) is 0 Å². The van der Waals surface area contributed by atoms with Crippen LogP contribution in [0.2, 0.25) is 0 Å². The van der Waals surface area contributed by atoms with Crippen LogP contribution in [0.5, 0.6) is 5.75 Å². The molecule has 0 bridgehead atoms. The zero-order valence-corrected chi connectivity index (χ0v) is 24.8. The molecule has 2 fully saturated rings. The van der Waals surface area contributed by atoms with E-state index in [-0.39, 0.29) is 10.8 Å². The second-order valence-electron chi connectivity index (χ2n) is 10.9. The number of para-hydroxylation sites is 1. The van der Waals surface area contributed by atoms with E-state index in [4.69, 9.17) is 9.88 Å². The Bertz CT molecular complexity index is 1510. The first-order valence-electron chi connectivity index (χ1n) is 14.1. The van der Waals surface area contributed by atoms with Crippen LogP contribution in [0.25, 0.3) is 0 Å². The van der Waals surface area contributed by atoms with Crippen LogP contribution in [-0.2, 0) is 10.0 Å². The van der Waals surface area contributed by atoms with Gasteiger partial charge in [-0.1, -0.05) is 24.3 Å². The number of rotatable bonds is 7. The number of piperidine rings is 1. The van der Waals surface area contributed by atoms with E-state index in [2.05, 4.69) is 35.3 Å². The zero-order chi connectivity index (χ0) is 29.1. The summed E-state index contributed by atoms with van der Waals surface area (Å²) in [6.07, 6.45) is 1.99. The number of carbonyl (C=O) groups is 1. The van der Waals surface area contributed by atoms with Crippen molar-refractivity contribution in [1.29, 1.82) is 0 Å². The van der Waals surface area contributed by atoms with Gasteiger partial charge in [0.25, 0.3) is 5.91 Å². The van der Waals surface area contributed by atoms with Crippen molar-refractivity contribution >= 4 is 33.0 Å². The first-order valence-corrected chi connectivity index (χ1v) is 15.6. The van der Waals surface area contributed by atoms with Gasteiger partial charge in [0, 0.05) is 68.3 Å². The lowest BCUT2D eigenvalue weighted by molar-refractivity contribution is 0.0746. The minimum absolute atomic E-state index is 0.00206. The van der Waals surface area contributed by atoms with Crippen LogP contribution in [0.1, 0.15) is 34.3 Å². The van der Waals surface area contributed by atoms with Gasteiger partial charge >= 0.3 is 0 Å². The number of primary sulfonamides is 1. The molecule has 3 N–H and O–H groups in total. The molecule has 5 rings (SSSR count). The average Bonchev–Trinajstić information content (AvgIpc) is 2.98. The summed E-state index contributed by atoms with van der Waals surface area (Å²) < 4.78 is 29.5. The minimum Gasteiger partial charge on any atom is -0.497 e. The summed E-state index contributed by atoms with van der Waals surface area (Å²) in [5.41, 5.74) is 5.53. The molecule has 3 aromatic carbocycles. The second kappa shape index (κ2) is 12.0. The summed E-state index contributed by atoms with van der Waals surface area (Å²) >= 11 is 0. The van der Waals surface area contributed by atoms with Crippen LogP contribution >= 0.6 is 0 Å². The van der Waals surface area contributed by atoms with Gasteiger partial charge in [0.05, 0.1) is 12.8 Å². The van der Waals surface area contributed by atoms with Crippen LogP contribution in [0.15, 0.2) is 65.6 Å². The molecule has 0 atom stereocenters. The SMILES string of the molecule is COc1cccc(N2CCC(Nc3cc(C(=O)N4CCN(c5ccccc5S(N)(=O)=O)CC4)c(C)cc3C)CC2)c1. The molecule has 2 aliphatic rings. The van der Waals surface area contributed by atoms with E-state index in [1.807, 2.05) is 34.9 Å². The smallest absolute Gasteiger partial charge is 0.254 e. The predicted molar refractivity (Wildman–Crippen MR) is 164 cm³/mol. The summed E-state index contributed by atoms with van der Waals surface area (Å²) in [6, 6.07) is 19.3. The zero-order valence-electron chi connectivity index (χ0n) is 24.0. The number of hydrogen-bond acceptors (Lipinski definition) is 7. The molecule has 10 heteroatoms. The normalized spacial score (nSPS) is 16.5. The van der Waals surface area contributed by atoms with Crippen LogP contribution in [0.3, 0.4) is 0 Å². The van der Waals surface area contributed by atoms with Gasteiger partial charge in [-0.25, -0.2) is 13.6 Å². The highest BCUT2D eigenvalue weighted by Gasteiger charge is 2.27. The number of methoxy groups -OCH3 is 1.